The molecule has 0 amide bonds. The Bertz CT molecular complexity index is 1830. The predicted molar refractivity (Wildman–Crippen MR) is 173 cm³/mol. The number of fused-ring (bicyclic) bond motifs is 6. The molecule has 0 aliphatic heterocycles. The van der Waals surface area contributed by atoms with E-state index in [2.05, 4.69) is 101 Å². The van der Waals surface area contributed by atoms with Gasteiger partial charge in [-0.05, 0) is 70.0 Å². The van der Waals surface area contributed by atoms with Crippen molar-refractivity contribution >= 4 is 0 Å². The van der Waals surface area contributed by atoms with Gasteiger partial charge in [0.2, 0.25) is 0 Å². The van der Waals surface area contributed by atoms with Crippen molar-refractivity contribution in [2.45, 2.75) is 19.3 Å². The zero-order chi connectivity index (χ0) is 29.4. The van der Waals surface area contributed by atoms with Gasteiger partial charge in [-0.3, -0.25) is 21.8 Å². The van der Waals surface area contributed by atoms with E-state index >= 15 is 0 Å². The molecule has 0 atom stereocenters. The molecule has 0 radical (unpaired) electrons. The van der Waals surface area contributed by atoms with Gasteiger partial charge in [-0.15, -0.1) is 35.4 Å². The maximum absolute atomic E-state index is 7.12. The van der Waals surface area contributed by atoms with E-state index < -0.39 is 0 Å². The SMILES string of the molecule is [Au+].[Au+].[C-]#Cc1ccc2c(c1)Cc1ccccc1-2.[C-]#Cc1ccc2c(c1)Cc1ccccc1-2.c1ccc(Cc2cccnc2)nc1. The van der Waals surface area contributed by atoms with Crippen LogP contribution in [-0.4, -0.2) is 9.97 Å². The molecule has 4 aromatic carbocycles. The summed E-state index contributed by atoms with van der Waals surface area (Å²) in [5, 5.41) is 0. The molecule has 0 saturated carbocycles. The molecule has 2 heterocycles. The number of hydrogen-bond acceptors (Lipinski definition) is 2. The Balaban J connectivity index is 0.000000151. The van der Waals surface area contributed by atoms with Crippen LogP contribution in [0.3, 0.4) is 0 Å². The van der Waals surface area contributed by atoms with Crippen LogP contribution in [0.2, 0.25) is 0 Å². The average molecular weight is 943 g/mol. The molecule has 0 N–H and O–H groups in total. The van der Waals surface area contributed by atoms with Gasteiger partial charge in [0.15, 0.2) is 0 Å². The van der Waals surface area contributed by atoms with Crippen LogP contribution in [0.4, 0.5) is 0 Å². The van der Waals surface area contributed by atoms with Crippen LogP contribution < -0.4 is 0 Å². The molecule has 6 aromatic rings. The smallest absolute Gasteiger partial charge is 0.366 e. The minimum Gasteiger partial charge on any atom is -0.366 e. The van der Waals surface area contributed by atoms with Gasteiger partial charge in [0.1, 0.15) is 0 Å². The van der Waals surface area contributed by atoms with Crippen molar-refractivity contribution in [3.8, 4) is 34.1 Å². The molecular formula is C41H28Au2N2. The van der Waals surface area contributed by atoms with Crippen LogP contribution in [0, 0.1) is 24.7 Å². The number of pyridine rings is 2. The van der Waals surface area contributed by atoms with Crippen molar-refractivity contribution in [2.75, 3.05) is 0 Å². The first kappa shape index (κ1) is 33.7. The summed E-state index contributed by atoms with van der Waals surface area (Å²) < 4.78 is 0. The Morgan fingerprint density at radius 3 is 1.56 bits per heavy atom. The van der Waals surface area contributed by atoms with Crippen molar-refractivity contribution in [2.24, 2.45) is 0 Å². The van der Waals surface area contributed by atoms with E-state index in [4.69, 9.17) is 12.8 Å². The van der Waals surface area contributed by atoms with Crippen LogP contribution in [0.1, 0.15) is 44.6 Å². The largest absolute Gasteiger partial charge is 1.00 e. The van der Waals surface area contributed by atoms with Gasteiger partial charge >= 0.3 is 44.8 Å². The fourth-order valence-electron chi connectivity index (χ4n) is 5.66. The van der Waals surface area contributed by atoms with E-state index in [1.807, 2.05) is 48.8 Å². The molecule has 2 aromatic heterocycles. The standard InChI is InChI=1S/2C15H9.C11H10N2.2Au/c2*1-2-11-7-8-15-13(9-11)10-12-5-3-4-6-14(12)15;1-2-7-13-11(5-1)8-10-4-3-6-12-9-10;;/h2*3-9H,10H2;1-7,9H,8H2;;/q2*-1;;2*+1. The van der Waals surface area contributed by atoms with Crippen molar-refractivity contribution in [1.82, 2.24) is 9.97 Å². The van der Waals surface area contributed by atoms with Gasteiger partial charge in [0, 0.05) is 30.7 Å². The maximum Gasteiger partial charge on any atom is 1.00 e. The second kappa shape index (κ2) is 16.2. The predicted octanol–water partition coefficient (Wildman–Crippen LogP) is 8.45. The summed E-state index contributed by atoms with van der Waals surface area (Å²) >= 11 is 0. The van der Waals surface area contributed by atoms with Crippen molar-refractivity contribution in [3.63, 3.8) is 0 Å². The monoisotopic (exact) mass is 942 g/mol. The fourth-order valence-corrected chi connectivity index (χ4v) is 5.66. The van der Waals surface area contributed by atoms with Crippen LogP contribution in [-0.2, 0) is 64.0 Å². The van der Waals surface area contributed by atoms with Gasteiger partial charge < -0.3 is 12.8 Å². The molecule has 0 unspecified atom stereocenters. The summed E-state index contributed by atoms with van der Waals surface area (Å²) in [6, 6.07) is 39.1. The molecule has 0 bridgehead atoms. The van der Waals surface area contributed by atoms with Crippen molar-refractivity contribution in [3.05, 3.63) is 191 Å². The third kappa shape index (κ3) is 8.09. The molecule has 2 aliphatic rings. The third-order valence-corrected chi connectivity index (χ3v) is 7.71. The first-order chi connectivity index (χ1) is 21.2. The Labute approximate surface area is 297 Å². The van der Waals surface area contributed by atoms with Gasteiger partial charge in [-0.1, -0.05) is 83.9 Å². The third-order valence-electron chi connectivity index (χ3n) is 7.71. The molecule has 2 nitrogen and oxygen atoms in total. The van der Waals surface area contributed by atoms with Crippen molar-refractivity contribution in [1.29, 1.82) is 0 Å². The Morgan fingerprint density at radius 2 is 1.07 bits per heavy atom. The number of nitrogens with zero attached hydrogens (tertiary/aromatic N) is 2. The Morgan fingerprint density at radius 1 is 0.533 bits per heavy atom. The van der Waals surface area contributed by atoms with Crippen LogP contribution in [0.25, 0.3) is 22.3 Å². The first-order valence-corrected chi connectivity index (χ1v) is 14.3. The Kier molecular flexibility index (Phi) is 12.1. The molecule has 4 heteroatoms. The van der Waals surface area contributed by atoms with Crippen LogP contribution >= 0.6 is 0 Å². The minimum atomic E-state index is 0. The quantitative estimate of drug-likeness (QED) is 0.0989. The summed E-state index contributed by atoms with van der Waals surface area (Å²) in [5.74, 6) is 4.87. The first-order valence-electron chi connectivity index (χ1n) is 14.3. The van der Waals surface area contributed by atoms with Gasteiger partial charge in [-0.2, -0.15) is 0 Å². The zero-order valence-electron chi connectivity index (χ0n) is 24.3. The number of aromatic nitrogens is 2. The van der Waals surface area contributed by atoms with E-state index in [1.54, 1.807) is 6.20 Å². The normalized spacial score (nSPS) is 10.6. The van der Waals surface area contributed by atoms with E-state index in [9.17, 15) is 0 Å². The maximum atomic E-state index is 7.12. The van der Waals surface area contributed by atoms with Gasteiger partial charge in [-0.25, -0.2) is 0 Å². The van der Waals surface area contributed by atoms with E-state index in [0.29, 0.717) is 0 Å². The average Bonchev–Trinajstić information content (AvgIpc) is 3.63. The summed E-state index contributed by atoms with van der Waals surface area (Å²) in [7, 11) is 0. The molecule has 0 fully saturated rings. The zero-order valence-corrected chi connectivity index (χ0v) is 28.7. The molecule has 0 spiro atoms. The van der Waals surface area contributed by atoms with Gasteiger partial charge in [0.25, 0.3) is 0 Å². The molecular weight excluding hydrogens is 914 g/mol. The molecule has 224 valence electrons. The van der Waals surface area contributed by atoms with Crippen LogP contribution in [0.15, 0.2) is 134 Å². The van der Waals surface area contributed by atoms with Gasteiger partial charge in [0.05, 0.1) is 0 Å². The summed E-state index contributed by atoms with van der Waals surface area (Å²) in [4.78, 5) is 8.30. The topological polar surface area (TPSA) is 25.8 Å². The summed E-state index contributed by atoms with van der Waals surface area (Å²) in [5.41, 5.74) is 14.7. The Hall–Kier alpha value is -4.22. The fraction of sp³-hybridized carbons (Fsp3) is 0.0732. The number of rotatable bonds is 2. The number of hydrogen-bond donors (Lipinski definition) is 0. The van der Waals surface area contributed by atoms with E-state index in [0.717, 1.165) is 36.1 Å². The summed E-state index contributed by atoms with van der Waals surface area (Å²) in [6.45, 7) is 0. The molecule has 2 aliphatic carbocycles. The van der Waals surface area contributed by atoms with Crippen LogP contribution in [0.5, 0.6) is 0 Å². The summed E-state index contributed by atoms with van der Waals surface area (Å²) in [6.07, 6.45) is 22.5. The number of benzene rings is 4. The molecule has 8 rings (SSSR count). The molecule has 0 saturated heterocycles. The molecule has 45 heavy (non-hydrogen) atoms. The van der Waals surface area contributed by atoms with Crippen molar-refractivity contribution < 1.29 is 44.8 Å². The van der Waals surface area contributed by atoms with E-state index in [-0.39, 0.29) is 44.8 Å². The minimum absolute atomic E-state index is 0. The van der Waals surface area contributed by atoms with E-state index in [1.165, 1.54) is 50.1 Å². The second-order valence-corrected chi connectivity index (χ2v) is 10.5. The second-order valence-electron chi connectivity index (χ2n) is 10.5.